The predicted octanol–water partition coefficient (Wildman–Crippen LogP) is 2.85. The zero-order valence-electron chi connectivity index (χ0n) is 12.1. The van der Waals surface area contributed by atoms with Crippen molar-refractivity contribution in [3.63, 3.8) is 0 Å². The van der Waals surface area contributed by atoms with Gasteiger partial charge in [0.25, 0.3) is 0 Å². The summed E-state index contributed by atoms with van der Waals surface area (Å²) in [7, 11) is 1.61. The molecule has 108 valence electrons. The summed E-state index contributed by atoms with van der Waals surface area (Å²) >= 11 is 1.67. The van der Waals surface area contributed by atoms with Crippen LogP contribution in [0.2, 0.25) is 0 Å². The fourth-order valence-electron chi connectivity index (χ4n) is 1.79. The molecule has 0 aliphatic rings. The minimum absolute atomic E-state index is 0.365. The van der Waals surface area contributed by atoms with Crippen molar-refractivity contribution in [3.05, 3.63) is 29.8 Å². The van der Waals surface area contributed by atoms with Crippen LogP contribution in [0.25, 0.3) is 0 Å². The van der Waals surface area contributed by atoms with Crippen molar-refractivity contribution in [2.24, 2.45) is 0 Å². The fourth-order valence-corrected chi connectivity index (χ4v) is 2.66. The minimum atomic E-state index is -0.408. The largest absolute Gasteiger partial charge is 0.390 e. The Kier molecular flexibility index (Phi) is 8.14. The summed E-state index contributed by atoms with van der Waals surface area (Å²) in [6.07, 6.45) is 0.733. The van der Waals surface area contributed by atoms with Gasteiger partial charge in [-0.3, -0.25) is 0 Å². The van der Waals surface area contributed by atoms with Crippen molar-refractivity contribution in [2.75, 3.05) is 26.0 Å². The van der Waals surface area contributed by atoms with E-state index in [1.807, 2.05) is 0 Å². The summed E-state index contributed by atoms with van der Waals surface area (Å²) in [4.78, 5) is 1.19. The van der Waals surface area contributed by atoms with Crippen molar-refractivity contribution in [1.82, 2.24) is 5.32 Å². The van der Waals surface area contributed by atoms with Gasteiger partial charge in [0.2, 0.25) is 0 Å². The number of thioether (sulfide) groups is 1. The molecule has 0 fully saturated rings. The highest BCUT2D eigenvalue weighted by Gasteiger charge is 2.07. The second kappa shape index (κ2) is 9.37. The van der Waals surface area contributed by atoms with Crippen LogP contribution >= 0.6 is 11.8 Å². The lowest BCUT2D eigenvalue weighted by atomic mass is 10.1. The van der Waals surface area contributed by atoms with Crippen molar-refractivity contribution >= 4 is 11.8 Å². The first-order valence-electron chi connectivity index (χ1n) is 6.80. The summed E-state index contributed by atoms with van der Waals surface area (Å²) < 4.78 is 4.92. The summed E-state index contributed by atoms with van der Waals surface area (Å²) in [5, 5.41) is 13.1. The first kappa shape index (κ1) is 16.5. The van der Waals surface area contributed by atoms with Gasteiger partial charge >= 0.3 is 0 Å². The van der Waals surface area contributed by atoms with E-state index in [9.17, 15) is 5.11 Å². The third-order valence-corrected chi connectivity index (χ3v) is 4.00. The predicted molar refractivity (Wildman–Crippen MR) is 81.8 cm³/mol. The molecule has 19 heavy (non-hydrogen) atoms. The molecule has 0 spiro atoms. The monoisotopic (exact) mass is 283 g/mol. The maximum atomic E-state index is 9.65. The van der Waals surface area contributed by atoms with Gasteiger partial charge in [-0.05, 0) is 37.6 Å². The minimum Gasteiger partial charge on any atom is -0.390 e. The summed E-state index contributed by atoms with van der Waals surface area (Å²) in [6, 6.07) is 8.86. The quantitative estimate of drug-likeness (QED) is 0.684. The Balaban J connectivity index is 2.51. The number of ether oxygens (including phenoxy) is 1. The number of hydrogen-bond acceptors (Lipinski definition) is 4. The van der Waals surface area contributed by atoms with Crippen LogP contribution in [0.3, 0.4) is 0 Å². The van der Waals surface area contributed by atoms with Gasteiger partial charge in [-0.1, -0.05) is 19.1 Å². The van der Waals surface area contributed by atoms with Crippen LogP contribution in [0.1, 0.15) is 31.9 Å². The van der Waals surface area contributed by atoms with E-state index in [2.05, 4.69) is 43.4 Å². The SMILES string of the molecule is CCCNC(C)c1cccc(SCC(O)COC)c1. The molecule has 2 N–H and O–H groups in total. The lowest BCUT2D eigenvalue weighted by Crippen LogP contribution is -2.19. The zero-order chi connectivity index (χ0) is 14.1. The van der Waals surface area contributed by atoms with Gasteiger partial charge in [0, 0.05) is 23.8 Å². The van der Waals surface area contributed by atoms with Crippen molar-refractivity contribution in [1.29, 1.82) is 0 Å². The van der Waals surface area contributed by atoms with Crippen LogP contribution in [0.5, 0.6) is 0 Å². The van der Waals surface area contributed by atoms with E-state index in [1.54, 1.807) is 18.9 Å². The van der Waals surface area contributed by atoms with E-state index >= 15 is 0 Å². The van der Waals surface area contributed by atoms with Gasteiger partial charge in [-0.2, -0.15) is 0 Å². The highest BCUT2D eigenvalue weighted by molar-refractivity contribution is 7.99. The lowest BCUT2D eigenvalue weighted by Gasteiger charge is -2.15. The molecular weight excluding hydrogens is 258 g/mol. The Labute approximate surface area is 120 Å². The molecule has 1 aromatic carbocycles. The highest BCUT2D eigenvalue weighted by atomic mass is 32.2. The molecule has 0 heterocycles. The second-order valence-electron chi connectivity index (χ2n) is 4.67. The Hall–Kier alpha value is -0.550. The molecule has 2 unspecified atom stereocenters. The smallest absolute Gasteiger partial charge is 0.0867 e. The molecule has 0 aromatic heterocycles. The summed E-state index contributed by atoms with van der Waals surface area (Å²) in [6.45, 7) is 5.77. The van der Waals surface area contributed by atoms with Crippen molar-refractivity contribution < 1.29 is 9.84 Å². The first-order valence-corrected chi connectivity index (χ1v) is 7.79. The molecular formula is C15H25NO2S. The number of rotatable bonds is 9. The summed E-state index contributed by atoms with van der Waals surface area (Å²) in [5.74, 6) is 0.661. The van der Waals surface area contributed by atoms with Crippen LogP contribution in [0.15, 0.2) is 29.2 Å². The van der Waals surface area contributed by atoms with Crippen molar-refractivity contribution in [3.8, 4) is 0 Å². The van der Waals surface area contributed by atoms with Gasteiger partial charge in [0.05, 0.1) is 12.7 Å². The normalized spacial score (nSPS) is 14.3. The molecule has 0 aliphatic heterocycles. The molecule has 0 bridgehead atoms. The molecule has 0 saturated carbocycles. The molecule has 1 aromatic rings. The third-order valence-electron chi connectivity index (χ3n) is 2.86. The van der Waals surface area contributed by atoms with Gasteiger partial charge < -0.3 is 15.2 Å². The van der Waals surface area contributed by atoms with E-state index in [0.29, 0.717) is 18.4 Å². The van der Waals surface area contributed by atoms with E-state index in [4.69, 9.17) is 4.74 Å². The van der Waals surface area contributed by atoms with E-state index in [1.165, 1.54) is 10.5 Å². The Morgan fingerprint density at radius 1 is 1.42 bits per heavy atom. The number of hydrogen-bond donors (Lipinski definition) is 2. The van der Waals surface area contributed by atoms with Crippen molar-refractivity contribution in [2.45, 2.75) is 37.3 Å². The molecule has 0 saturated heterocycles. The second-order valence-corrected chi connectivity index (χ2v) is 5.76. The average Bonchev–Trinajstić information content (AvgIpc) is 2.43. The fraction of sp³-hybridized carbons (Fsp3) is 0.600. The molecule has 3 nitrogen and oxygen atoms in total. The van der Waals surface area contributed by atoms with E-state index in [0.717, 1.165) is 13.0 Å². The first-order chi connectivity index (χ1) is 9.17. The maximum Gasteiger partial charge on any atom is 0.0867 e. The number of aliphatic hydroxyl groups is 1. The third kappa shape index (κ3) is 6.43. The van der Waals surface area contributed by atoms with Gasteiger partial charge in [-0.15, -0.1) is 11.8 Å². The topological polar surface area (TPSA) is 41.5 Å². The lowest BCUT2D eigenvalue weighted by molar-refractivity contribution is 0.0794. The Morgan fingerprint density at radius 2 is 2.21 bits per heavy atom. The maximum absolute atomic E-state index is 9.65. The molecule has 0 amide bonds. The van der Waals surface area contributed by atoms with Gasteiger partial charge in [0.1, 0.15) is 0 Å². The highest BCUT2D eigenvalue weighted by Crippen LogP contribution is 2.23. The van der Waals surface area contributed by atoms with Gasteiger partial charge in [-0.25, -0.2) is 0 Å². The molecule has 2 atom stereocenters. The molecule has 0 aliphatic carbocycles. The molecule has 1 rings (SSSR count). The van der Waals surface area contributed by atoms with E-state index in [-0.39, 0.29) is 0 Å². The van der Waals surface area contributed by atoms with E-state index < -0.39 is 6.10 Å². The zero-order valence-corrected chi connectivity index (χ0v) is 12.9. The van der Waals surface area contributed by atoms with Crippen LogP contribution in [0, 0.1) is 0 Å². The van der Waals surface area contributed by atoms with Crippen LogP contribution in [-0.2, 0) is 4.74 Å². The summed E-state index contributed by atoms with van der Waals surface area (Å²) in [5.41, 5.74) is 1.29. The van der Waals surface area contributed by atoms with Gasteiger partial charge in [0.15, 0.2) is 0 Å². The Bertz CT molecular complexity index is 360. The Morgan fingerprint density at radius 3 is 2.89 bits per heavy atom. The number of methoxy groups -OCH3 is 1. The number of aliphatic hydroxyl groups excluding tert-OH is 1. The van der Waals surface area contributed by atoms with Crippen LogP contribution in [-0.4, -0.2) is 37.2 Å². The number of benzene rings is 1. The standard InChI is InChI=1S/C15H25NO2S/c1-4-8-16-12(2)13-6-5-7-15(9-13)19-11-14(17)10-18-3/h5-7,9,12,14,16-17H,4,8,10-11H2,1-3H3. The molecule has 4 heteroatoms. The molecule has 0 radical (unpaired) electrons. The number of nitrogens with one attached hydrogen (secondary N) is 1. The van der Waals surface area contributed by atoms with Crippen LogP contribution < -0.4 is 5.32 Å². The van der Waals surface area contributed by atoms with Crippen LogP contribution in [0.4, 0.5) is 0 Å². The average molecular weight is 283 g/mol.